The van der Waals surface area contributed by atoms with Crippen molar-refractivity contribution in [3.8, 4) is 11.3 Å². The minimum Gasteiger partial charge on any atom is -0.247 e. The van der Waals surface area contributed by atoms with E-state index in [4.69, 9.17) is 4.98 Å². The molecule has 0 spiro atoms. The third-order valence-electron chi connectivity index (χ3n) is 4.10. The summed E-state index contributed by atoms with van der Waals surface area (Å²) in [4.78, 5) is 4.97. The maximum atomic E-state index is 4.97. The molecule has 0 aliphatic heterocycles. The summed E-state index contributed by atoms with van der Waals surface area (Å²) >= 11 is 0. The summed E-state index contributed by atoms with van der Waals surface area (Å²) in [6, 6.07) is 16.9. The molecule has 0 unspecified atom stereocenters. The number of para-hydroxylation sites is 1. The molecule has 0 saturated heterocycles. The van der Waals surface area contributed by atoms with Crippen LogP contribution in [-0.2, 0) is 12.8 Å². The van der Waals surface area contributed by atoms with E-state index in [1.165, 1.54) is 22.1 Å². The maximum Gasteiger partial charge on any atom is 0.0747 e. The molecule has 3 aromatic rings. The predicted octanol–water partition coefficient (Wildman–Crippen LogP) is 5.67. The Morgan fingerprint density at radius 2 is 1.65 bits per heavy atom. The van der Waals surface area contributed by atoms with Gasteiger partial charge in [0, 0.05) is 10.9 Å². The van der Waals surface area contributed by atoms with Gasteiger partial charge in [0.2, 0.25) is 0 Å². The van der Waals surface area contributed by atoms with E-state index in [1.807, 2.05) is 18.2 Å². The van der Waals surface area contributed by atoms with Gasteiger partial charge in [0.05, 0.1) is 11.2 Å². The van der Waals surface area contributed by atoms with Gasteiger partial charge in [-0.2, -0.15) is 0 Å². The molecule has 0 aliphatic carbocycles. The maximum absolute atomic E-state index is 4.97. The van der Waals surface area contributed by atoms with E-state index < -0.39 is 0 Å². The number of allylic oxidation sites excluding steroid dienone is 2. The van der Waals surface area contributed by atoms with Gasteiger partial charge >= 0.3 is 0 Å². The van der Waals surface area contributed by atoms with Crippen molar-refractivity contribution < 1.29 is 0 Å². The Labute approximate surface area is 138 Å². The largest absolute Gasteiger partial charge is 0.247 e. The van der Waals surface area contributed by atoms with Crippen LogP contribution in [-0.4, -0.2) is 4.98 Å². The quantitative estimate of drug-likeness (QED) is 0.553. The van der Waals surface area contributed by atoms with Gasteiger partial charge in [-0.15, -0.1) is 13.2 Å². The molecule has 2 aromatic carbocycles. The van der Waals surface area contributed by atoms with E-state index in [9.17, 15) is 0 Å². The van der Waals surface area contributed by atoms with Gasteiger partial charge in [-0.1, -0.05) is 54.1 Å². The van der Waals surface area contributed by atoms with Gasteiger partial charge in [-0.3, -0.25) is 0 Å². The molecule has 0 bridgehead atoms. The first-order valence-corrected chi connectivity index (χ1v) is 7.94. The van der Waals surface area contributed by atoms with E-state index in [0.29, 0.717) is 0 Å². The molecule has 0 amide bonds. The van der Waals surface area contributed by atoms with E-state index >= 15 is 0 Å². The van der Waals surface area contributed by atoms with Gasteiger partial charge < -0.3 is 0 Å². The van der Waals surface area contributed by atoms with Crippen molar-refractivity contribution in [3.05, 3.63) is 90.5 Å². The minimum atomic E-state index is 0.810. The first kappa shape index (κ1) is 15.2. The Bertz CT molecular complexity index is 874. The number of hydrogen-bond acceptors (Lipinski definition) is 1. The van der Waals surface area contributed by atoms with Crippen LogP contribution in [0, 0.1) is 6.92 Å². The Kier molecular flexibility index (Phi) is 4.38. The summed E-state index contributed by atoms with van der Waals surface area (Å²) in [5.74, 6) is 0. The van der Waals surface area contributed by atoms with Gasteiger partial charge in [0.15, 0.2) is 0 Å². The van der Waals surface area contributed by atoms with Crippen LogP contribution in [0.5, 0.6) is 0 Å². The molecule has 0 aliphatic rings. The molecule has 23 heavy (non-hydrogen) atoms. The van der Waals surface area contributed by atoms with Crippen LogP contribution in [0.15, 0.2) is 73.8 Å². The lowest BCUT2D eigenvalue weighted by Gasteiger charge is -2.16. The highest BCUT2D eigenvalue weighted by Gasteiger charge is 2.14. The number of fused-ring (bicyclic) bond motifs is 1. The Balaban J connectivity index is 2.37. The van der Waals surface area contributed by atoms with Gasteiger partial charge in [-0.25, -0.2) is 4.98 Å². The zero-order chi connectivity index (χ0) is 16.2. The third-order valence-corrected chi connectivity index (χ3v) is 4.10. The van der Waals surface area contributed by atoms with E-state index in [0.717, 1.165) is 29.6 Å². The standard InChI is InChI=1S/C22H21N/c1-4-9-18-19-13-6-7-14-21(19)23-22(20(18)10-5-2)17-12-8-11-16(3)15-17/h4-8,11-15H,1-2,9-10H2,3H3. The van der Waals surface area contributed by atoms with Crippen LogP contribution in [0.1, 0.15) is 16.7 Å². The molecule has 1 heterocycles. The van der Waals surface area contributed by atoms with Gasteiger partial charge in [0.1, 0.15) is 0 Å². The van der Waals surface area contributed by atoms with Crippen molar-refractivity contribution in [1.29, 1.82) is 0 Å². The molecule has 0 atom stereocenters. The molecule has 1 nitrogen and oxygen atoms in total. The first-order chi connectivity index (χ1) is 11.2. The molecule has 114 valence electrons. The van der Waals surface area contributed by atoms with Crippen molar-refractivity contribution in [1.82, 2.24) is 4.98 Å². The topological polar surface area (TPSA) is 12.9 Å². The van der Waals surface area contributed by atoms with E-state index in [2.05, 4.69) is 62.5 Å². The number of aromatic nitrogens is 1. The van der Waals surface area contributed by atoms with Crippen LogP contribution >= 0.6 is 0 Å². The van der Waals surface area contributed by atoms with E-state index in [-0.39, 0.29) is 0 Å². The molecule has 1 heteroatoms. The number of rotatable bonds is 5. The Hall–Kier alpha value is -2.67. The van der Waals surface area contributed by atoms with Crippen LogP contribution < -0.4 is 0 Å². The number of benzene rings is 2. The smallest absolute Gasteiger partial charge is 0.0747 e. The van der Waals surface area contributed by atoms with Crippen molar-refractivity contribution in [3.63, 3.8) is 0 Å². The summed E-state index contributed by atoms with van der Waals surface area (Å²) in [6.45, 7) is 9.98. The second kappa shape index (κ2) is 6.62. The van der Waals surface area contributed by atoms with Crippen LogP contribution in [0.3, 0.4) is 0 Å². The zero-order valence-corrected chi connectivity index (χ0v) is 13.5. The lowest BCUT2D eigenvalue weighted by Crippen LogP contribution is -2.01. The Morgan fingerprint density at radius 3 is 2.39 bits per heavy atom. The summed E-state index contributed by atoms with van der Waals surface area (Å²) in [5.41, 5.74) is 7.06. The average molecular weight is 299 g/mol. The summed E-state index contributed by atoms with van der Waals surface area (Å²) in [5, 5.41) is 1.21. The summed E-state index contributed by atoms with van der Waals surface area (Å²) in [7, 11) is 0. The van der Waals surface area contributed by atoms with Gasteiger partial charge in [-0.05, 0) is 43.0 Å². The molecular formula is C22H21N. The molecule has 0 saturated carbocycles. The lowest BCUT2D eigenvalue weighted by atomic mass is 9.92. The second-order valence-corrected chi connectivity index (χ2v) is 5.79. The fourth-order valence-corrected chi connectivity index (χ4v) is 3.09. The SMILES string of the molecule is C=CCc1c(-c2cccc(C)c2)nc2ccccc2c1CC=C. The van der Waals surface area contributed by atoms with Crippen LogP contribution in [0.25, 0.3) is 22.2 Å². The van der Waals surface area contributed by atoms with Gasteiger partial charge in [0.25, 0.3) is 0 Å². The molecule has 0 fully saturated rings. The lowest BCUT2D eigenvalue weighted by molar-refractivity contribution is 1.14. The Morgan fingerprint density at radius 1 is 0.913 bits per heavy atom. The highest BCUT2D eigenvalue weighted by Crippen LogP contribution is 2.31. The molecule has 1 aromatic heterocycles. The molecule has 0 radical (unpaired) electrons. The highest BCUT2D eigenvalue weighted by atomic mass is 14.7. The third kappa shape index (κ3) is 2.95. The molecule has 0 N–H and O–H groups in total. The van der Waals surface area contributed by atoms with Crippen molar-refractivity contribution in [2.45, 2.75) is 19.8 Å². The van der Waals surface area contributed by atoms with Crippen LogP contribution in [0.2, 0.25) is 0 Å². The average Bonchev–Trinajstić information content (AvgIpc) is 2.57. The fourth-order valence-electron chi connectivity index (χ4n) is 3.09. The summed E-state index contributed by atoms with van der Waals surface area (Å²) in [6.07, 6.45) is 5.57. The normalized spacial score (nSPS) is 10.7. The fraction of sp³-hybridized carbons (Fsp3) is 0.136. The van der Waals surface area contributed by atoms with Crippen LogP contribution in [0.4, 0.5) is 0 Å². The first-order valence-electron chi connectivity index (χ1n) is 7.94. The van der Waals surface area contributed by atoms with E-state index in [1.54, 1.807) is 0 Å². The highest BCUT2D eigenvalue weighted by molar-refractivity contribution is 5.87. The number of hydrogen-bond donors (Lipinski definition) is 0. The minimum absolute atomic E-state index is 0.810. The summed E-state index contributed by atoms with van der Waals surface area (Å²) < 4.78 is 0. The number of aryl methyl sites for hydroxylation is 1. The number of pyridine rings is 1. The van der Waals surface area contributed by atoms with Crippen molar-refractivity contribution >= 4 is 10.9 Å². The van der Waals surface area contributed by atoms with Crippen molar-refractivity contribution in [2.24, 2.45) is 0 Å². The molecular weight excluding hydrogens is 278 g/mol. The molecule has 3 rings (SSSR count). The van der Waals surface area contributed by atoms with Crippen molar-refractivity contribution in [2.75, 3.05) is 0 Å². The predicted molar refractivity (Wildman–Crippen MR) is 99.7 cm³/mol. The number of nitrogens with zero attached hydrogens (tertiary/aromatic N) is 1. The monoisotopic (exact) mass is 299 g/mol. The second-order valence-electron chi connectivity index (χ2n) is 5.79. The zero-order valence-electron chi connectivity index (χ0n) is 13.5.